The molecule has 4 bridgehead atoms. The third-order valence-electron chi connectivity index (χ3n) is 8.55. The molecule has 1 aromatic carbocycles. The molecule has 7 heteroatoms. The molecule has 1 heterocycles. The van der Waals surface area contributed by atoms with Crippen LogP contribution in [0, 0.1) is 34.6 Å². The second-order valence-electron chi connectivity index (χ2n) is 10.6. The van der Waals surface area contributed by atoms with Crippen molar-refractivity contribution in [3.63, 3.8) is 0 Å². The summed E-state index contributed by atoms with van der Waals surface area (Å²) >= 11 is 0. The number of hydrogen-bond donors (Lipinski definition) is 2. The highest BCUT2D eigenvalue weighted by atomic mass is 16.5. The summed E-state index contributed by atoms with van der Waals surface area (Å²) in [6, 6.07) is 10.2. The third kappa shape index (κ3) is 3.39. The molecule has 7 rings (SSSR count). The number of aromatic nitrogens is 1. The number of hydrogen-bond acceptors (Lipinski definition) is 5. The van der Waals surface area contributed by atoms with Gasteiger partial charge in [-0.05, 0) is 68.8 Å². The molecule has 7 nitrogen and oxygen atoms in total. The summed E-state index contributed by atoms with van der Waals surface area (Å²) in [5.74, 6) is 1.82. The molecule has 1 amide bonds. The normalized spacial score (nSPS) is 33.6. The smallest absolute Gasteiger partial charge is 0.223 e. The monoisotopic (exact) mass is 443 g/mol. The van der Waals surface area contributed by atoms with E-state index >= 15 is 0 Å². The Hall–Kier alpha value is -2.98. The number of amidine groups is 1. The number of nitrogens with one attached hydrogen (secondary N) is 1. The highest BCUT2D eigenvalue weighted by Crippen LogP contribution is 2.61. The molecule has 3 N–H and O–H groups in total. The maximum Gasteiger partial charge on any atom is 0.223 e. The Morgan fingerprint density at radius 2 is 1.97 bits per heavy atom. The number of aliphatic imine (C=N–C) groups is 1. The largest absolute Gasteiger partial charge is 0.369 e. The number of para-hydroxylation sites is 1. The molecular formula is C26H29N5O2. The summed E-state index contributed by atoms with van der Waals surface area (Å²) in [4.78, 5) is 22.0. The molecule has 2 unspecified atom stereocenters. The van der Waals surface area contributed by atoms with Gasteiger partial charge in [0.15, 0.2) is 6.19 Å². The minimum atomic E-state index is -0.539. The van der Waals surface area contributed by atoms with Gasteiger partial charge in [0.25, 0.3) is 0 Å². The summed E-state index contributed by atoms with van der Waals surface area (Å²) in [5.41, 5.74) is 6.95. The number of benzene rings is 1. The first-order valence-corrected chi connectivity index (χ1v) is 12.0. The number of pyridine rings is 1. The van der Waals surface area contributed by atoms with Crippen molar-refractivity contribution in [3.05, 3.63) is 42.1 Å². The Morgan fingerprint density at radius 3 is 2.67 bits per heavy atom. The van der Waals surface area contributed by atoms with Crippen molar-refractivity contribution >= 4 is 22.6 Å². The van der Waals surface area contributed by atoms with Crippen LogP contribution in [0.25, 0.3) is 10.9 Å². The van der Waals surface area contributed by atoms with E-state index in [1.165, 1.54) is 0 Å². The first-order chi connectivity index (χ1) is 16.0. The predicted octanol–water partition coefficient (Wildman–Crippen LogP) is 3.43. The number of rotatable bonds is 6. The number of carbonyl (C=O) groups is 1. The second kappa shape index (κ2) is 7.53. The Kier molecular flexibility index (Phi) is 4.70. The van der Waals surface area contributed by atoms with Gasteiger partial charge in [0, 0.05) is 22.6 Å². The molecule has 2 aromatic rings. The zero-order valence-corrected chi connectivity index (χ0v) is 18.7. The lowest BCUT2D eigenvalue weighted by Crippen LogP contribution is -2.57. The van der Waals surface area contributed by atoms with Crippen LogP contribution in [0.2, 0.25) is 0 Å². The average Bonchev–Trinajstić information content (AvgIpc) is 3.60. The molecule has 0 spiro atoms. The zero-order chi connectivity index (χ0) is 22.6. The zero-order valence-electron chi connectivity index (χ0n) is 18.7. The first kappa shape index (κ1) is 20.6. The SMILES string of the molecule is N#CNC(=NC1C2CC3CC1CC(C(N)=O)(C3)C2)C1(OCc2cccc3cccnc23)CC1. The molecule has 0 saturated heterocycles. The molecule has 5 fully saturated rings. The lowest BCUT2D eigenvalue weighted by molar-refractivity contribution is -0.144. The first-order valence-electron chi connectivity index (χ1n) is 12.0. The Morgan fingerprint density at radius 1 is 1.21 bits per heavy atom. The number of primary amides is 1. The molecule has 5 aliphatic rings. The fraction of sp³-hybridized carbons (Fsp3) is 0.538. The highest BCUT2D eigenvalue weighted by molar-refractivity contribution is 5.94. The van der Waals surface area contributed by atoms with Crippen LogP contribution < -0.4 is 11.1 Å². The van der Waals surface area contributed by atoms with Crippen LogP contribution in [0.15, 0.2) is 41.5 Å². The Labute approximate surface area is 193 Å². The average molecular weight is 444 g/mol. The van der Waals surface area contributed by atoms with Gasteiger partial charge >= 0.3 is 0 Å². The van der Waals surface area contributed by atoms with Crippen LogP contribution >= 0.6 is 0 Å². The molecule has 33 heavy (non-hydrogen) atoms. The minimum Gasteiger partial charge on any atom is -0.369 e. The van der Waals surface area contributed by atoms with Crippen molar-refractivity contribution in [1.82, 2.24) is 10.3 Å². The predicted molar refractivity (Wildman–Crippen MR) is 124 cm³/mol. The van der Waals surface area contributed by atoms with Gasteiger partial charge in [0.1, 0.15) is 11.4 Å². The minimum absolute atomic E-state index is 0.130. The van der Waals surface area contributed by atoms with E-state index in [1.807, 2.05) is 30.3 Å². The second-order valence-corrected chi connectivity index (χ2v) is 10.6. The number of nitriles is 1. The van der Waals surface area contributed by atoms with Gasteiger partial charge in [-0.2, -0.15) is 5.26 Å². The number of nitrogens with zero attached hydrogens (tertiary/aromatic N) is 3. The van der Waals surface area contributed by atoms with Crippen molar-refractivity contribution in [2.75, 3.05) is 0 Å². The van der Waals surface area contributed by atoms with Gasteiger partial charge < -0.3 is 10.5 Å². The van der Waals surface area contributed by atoms with Gasteiger partial charge in [-0.25, -0.2) is 0 Å². The maximum absolute atomic E-state index is 12.3. The van der Waals surface area contributed by atoms with Gasteiger partial charge in [-0.15, -0.1) is 0 Å². The molecule has 5 saturated carbocycles. The van der Waals surface area contributed by atoms with Crippen LogP contribution in [0.5, 0.6) is 0 Å². The highest BCUT2D eigenvalue weighted by Gasteiger charge is 2.59. The van der Waals surface area contributed by atoms with Gasteiger partial charge in [0.2, 0.25) is 5.91 Å². The van der Waals surface area contributed by atoms with E-state index in [1.54, 1.807) is 6.20 Å². The van der Waals surface area contributed by atoms with Crippen molar-refractivity contribution in [3.8, 4) is 6.19 Å². The molecule has 2 atom stereocenters. The lowest BCUT2D eigenvalue weighted by Gasteiger charge is -2.57. The van der Waals surface area contributed by atoms with Crippen molar-refractivity contribution in [2.45, 2.75) is 63.2 Å². The van der Waals surface area contributed by atoms with E-state index in [9.17, 15) is 10.1 Å². The molecule has 170 valence electrons. The third-order valence-corrected chi connectivity index (χ3v) is 8.55. The summed E-state index contributed by atoms with van der Waals surface area (Å²) in [5, 5.41) is 13.4. The van der Waals surface area contributed by atoms with E-state index in [0.29, 0.717) is 30.2 Å². The van der Waals surface area contributed by atoms with Gasteiger partial charge in [0.05, 0.1) is 18.2 Å². The topological polar surface area (TPSA) is 113 Å². The molecule has 0 aliphatic heterocycles. The number of carbonyl (C=O) groups excluding carboxylic acids is 1. The standard InChI is InChI=1S/C26H29N5O2/c27-15-30-24(31-22-19-9-16-10-20(22)13-25(11-16,12-19)23(28)32)26(6-7-26)33-14-18-4-1-3-17-5-2-8-29-21(17)18/h1-5,8,16,19-20,22H,6-7,9-14H2,(H2,28,32)(H,30,31). The van der Waals surface area contributed by atoms with E-state index in [-0.39, 0.29) is 17.4 Å². The summed E-state index contributed by atoms with van der Waals surface area (Å²) < 4.78 is 6.44. The quantitative estimate of drug-likeness (QED) is 0.307. The van der Waals surface area contributed by atoms with Crippen LogP contribution in [0.1, 0.15) is 50.5 Å². The van der Waals surface area contributed by atoms with Crippen molar-refractivity contribution in [1.29, 1.82) is 5.26 Å². The Balaban J connectivity index is 1.25. The lowest BCUT2D eigenvalue weighted by atomic mass is 9.48. The van der Waals surface area contributed by atoms with Crippen molar-refractivity contribution < 1.29 is 9.53 Å². The number of fused-ring (bicyclic) bond motifs is 1. The fourth-order valence-corrected chi connectivity index (χ4v) is 7.04. The number of nitrogens with two attached hydrogens (primary N) is 1. The summed E-state index contributed by atoms with van der Waals surface area (Å²) in [7, 11) is 0. The number of amides is 1. The number of ether oxygens (including phenoxy) is 1. The van der Waals surface area contributed by atoms with E-state index in [4.69, 9.17) is 15.5 Å². The maximum atomic E-state index is 12.3. The molecule has 0 radical (unpaired) electrons. The summed E-state index contributed by atoms with van der Waals surface area (Å²) in [6.45, 7) is 0.421. The van der Waals surface area contributed by atoms with Crippen molar-refractivity contribution in [2.24, 2.45) is 33.9 Å². The van der Waals surface area contributed by atoms with Gasteiger partial charge in [-0.3, -0.25) is 20.1 Å². The van der Waals surface area contributed by atoms with Crippen LogP contribution in [-0.2, 0) is 16.1 Å². The van der Waals surface area contributed by atoms with Crippen LogP contribution in [-0.4, -0.2) is 28.4 Å². The Bertz CT molecular complexity index is 1160. The fourth-order valence-electron chi connectivity index (χ4n) is 7.04. The van der Waals surface area contributed by atoms with E-state index < -0.39 is 5.60 Å². The molecule has 5 aliphatic carbocycles. The van der Waals surface area contributed by atoms with Crippen LogP contribution in [0.4, 0.5) is 0 Å². The molecular weight excluding hydrogens is 414 g/mol. The van der Waals surface area contributed by atoms with Crippen LogP contribution in [0.3, 0.4) is 0 Å². The van der Waals surface area contributed by atoms with E-state index in [2.05, 4.69) is 16.5 Å². The summed E-state index contributed by atoms with van der Waals surface area (Å²) in [6.07, 6.45) is 10.4. The van der Waals surface area contributed by atoms with E-state index in [0.717, 1.165) is 61.4 Å². The molecule has 1 aromatic heterocycles. The van der Waals surface area contributed by atoms with Gasteiger partial charge in [-0.1, -0.05) is 24.3 Å².